The van der Waals surface area contributed by atoms with Crippen LogP contribution >= 0.6 is 0 Å². The van der Waals surface area contributed by atoms with Gasteiger partial charge in [0.05, 0.1) is 0 Å². The van der Waals surface area contributed by atoms with Crippen LogP contribution in [0.1, 0.15) is 24.5 Å². The lowest BCUT2D eigenvalue weighted by Gasteiger charge is -2.36. The van der Waals surface area contributed by atoms with Crippen molar-refractivity contribution < 1.29 is 0 Å². The quantitative estimate of drug-likeness (QED) is 0.824. The molecule has 1 aromatic rings. The Hall–Kier alpha value is -1.80. The fourth-order valence-electron chi connectivity index (χ4n) is 3.24. The standard InChI is InChI=1S/C21H28N2/c1-3-19-5-4-6-21(12-11-19)23-15-13-22(14-16-23)17-20-9-7-18(2)8-10-20/h4-12,19H,3,13-17H2,1-2H3. The van der Waals surface area contributed by atoms with Crippen LogP contribution in [0.4, 0.5) is 0 Å². The van der Waals surface area contributed by atoms with E-state index in [1.165, 1.54) is 23.2 Å². The van der Waals surface area contributed by atoms with E-state index in [0.29, 0.717) is 5.92 Å². The molecule has 122 valence electrons. The van der Waals surface area contributed by atoms with E-state index in [0.717, 1.165) is 32.7 Å². The highest BCUT2D eigenvalue weighted by Gasteiger charge is 2.18. The van der Waals surface area contributed by atoms with Crippen LogP contribution < -0.4 is 0 Å². The summed E-state index contributed by atoms with van der Waals surface area (Å²) < 4.78 is 0. The number of allylic oxidation sites excluding steroid dienone is 5. The Morgan fingerprint density at radius 2 is 1.74 bits per heavy atom. The van der Waals surface area contributed by atoms with Crippen molar-refractivity contribution in [3.8, 4) is 0 Å². The molecular formula is C21H28N2. The Labute approximate surface area is 140 Å². The maximum absolute atomic E-state index is 2.56. The molecule has 1 heterocycles. The summed E-state index contributed by atoms with van der Waals surface area (Å²) in [5.74, 6) is 0.589. The highest BCUT2D eigenvalue weighted by atomic mass is 15.3. The molecule has 0 bridgehead atoms. The van der Waals surface area contributed by atoms with E-state index in [9.17, 15) is 0 Å². The molecule has 1 atom stereocenters. The molecule has 1 aliphatic carbocycles. The summed E-state index contributed by atoms with van der Waals surface area (Å²) in [6, 6.07) is 8.94. The maximum atomic E-state index is 2.56. The number of nitrogens with zero attached hydrogens (tertiary/aromatic N) is 2. The smallest absolute Gasteiger partial charge is 0.0363 e. The molecule has 0 aromatic heterocycles. The van der Waals surface area contributed by atoms with Gasteiger partial charge in [0.25, 0.3) is 0 Å². The van der Waals surface area contributed by atoms with Gasteiger partial charge in [-0.25, -0.2) is 0 Å². The first kappa shape index (κ1) is 16.1. The van der Waals surface area contributed by atoms with Gasteiger partial charge in [0.15, 0.2) is 0 Å². The van der Waals surface area contributed by atoms with Gasteiger partial charge in [0.1, 0.15) is 0 Å². The Bertz CT molecular complexity index is 587. The molecule has 1 aromatic carbocycles. The third-order valence-corrected chi connectivity index (χ3v) is 4.88. The van der Waals surface area contributed by atoms with Crippen LogP contribution in [0, 0.1) is 12.8 Å². The second kappa shape index (κ2) is 7.65. The van der Waals surface area contributed by atoms with Crippen molar-refractivity contribution in [3.63, 3.8) is 0 Å². The molecule has 0 saturated carbocycles. The second-order valence-corrected chi connectivity index (χ2v) is 6.66. The van der Waals surface area contributed by atoms with Gasteiger partial charge in [0, 0.05) is 38.4 Å². The third kappa shape index (κ3) is 4.35. The normalized spacial score (nSPS) is 22.1. The highest BCUT2D eigenvalue weighted by Crippen LogP contribution is 2.18. The molecule has 0 N–H and O–H groups in total. The zero-order chi connectivity index (χ0) is 16.1. The van der Waals surface area contributed by atoms with Gasteiger partial charge in [-0.2, -0.15) is 0 Å². The van der Waals surface area contributed by atoms with E-state index < -0.39 is 0 Å². The molecule has 2 nitrogen and oxygen atoms in total. The Kier molecular flexibility index (Phi) is 5.35. The molecule has 0 radical (unpaired) electrons. The average molecular weight is 308 g/mol. The van der Waals surface area contributed by atoms with Gasteiger partial charge in [-0.3, -0.25) is 4.90 Å². The molecule has 0 amide bonds. The van der Waals surface area contributed by atoms with E-state index in [4.69, 9.17) is 0 Å². The van der Waals surface area contributed by atoms with Crippen LogP contribution in [0.25, 0.3) is 0 Å². The summed E-state index contributed by atoms with van der Waals surface area (Å²) in [4.78, 5) is 5.08. The molecule has 1 saturated heterocycles. The van der Waals surface area contributed by atoms with Crippen molar-refractivity contribution in [2.75, 3.05) is 26.2 Å². The van der Waals surface area contributed by atoms with Crippen molar-refractivity contribution in [2.45, 2.75) is 26.8 Å². The second-order valence-electron chi connectivity index (χ2n) is 6.66. The lowest BCUT2D eigenvalue weighted by atomic mass is 10.1. The summed E-state index contributed by atoms with van der Waals surface area (Å²) in [5.41, 5.74) is 4.13. The molecule has 1 aliphatic heterocycles. The summed E-state index contributed by atoms with van der Waals surface area (Å²) >= 11 is 0. The first-order chi connectivity index (χ1) is 11.2. The number of rotatable bonds is 4. The summed E-state index contributed by atoms with van der Waals surface area (Å²) in [5, 5.41) is 0. The van der Waals surface area contributed by atoms with E-state index in [1.54, 1.807) is 0 Å². The monoisotopic (exact) mass is 308 g/mol. The van der Waals surface area contributed by atoms with Crippen molar-refractivity contribution in [1.29, 1.82) is 0 Å². The van der Waals surface area contributed by atoms with Gasteiger partial charge in [-0.05, 0) is 37.0 Å². The molecule has 1 unspecified atom stereocenters. The van der Waals surface area contributed by atoms with Crippen LogP contribution in [-0.4, -0.2) is 36.0 Å². The first-order valence-corrected chi connectivity index (χ1v) is 8.84. The number of benzene rings is 1. The van der Waals surface area contributed by atoms with Crippen molar-refractivity contribution in [3.05, 3.63) is 71.5 Å². The van der Waals surface area contributed by atoms with Crippen LogP contribution in [-0.2, 0) is 6.54 Å². The van der Waals surface area contributed by atoms with Crippen molar-refractivity contribution in [2.24, 2.45) is 5.92 Å². The predicted molar refractivity (Wildman–Crippen MR) is 98.2 cm³/mol. The lowest BCUT2D eigenvalue weighted by molar-refractivity contribution is 0.156. The van der Waals surface area contributed by atoms with Gasteiger partial charge in [-0.15, -0.1) is 0 Å². The van der Waals surface area contributed by atoms with Crippen LogP contribution in [0.3, 0.4) is 0 Å². The average Bonchev–Trinajstić information content (AvgIpc) is 2.83. The van der Waals surface area contributed by atoms with Crippen molar-refractivity contribution >= 4 is 0 Å². The Morgan fingerprint density at radius 1 is 1.00 bits per heavy atom. The van der Waals surface area contributed by atoms with Gasteiger partial charge < -0.3 is 4.90 Å². The summed E-state index contributed by atoms with van der Waals surface area (Å²) in [6.07, 6.45) is 12.6. The molecular weight excluding hydrogens is 280 g/mol. The minimum Gasteiger partial charge on any atom is -0.369 e. The number of hydrogen-bond acceptors (Lipinski definition) is 2. The molecule has 2 heteroatoms. The topological polar surface area (TPSA) is 6.48 Å². The largest absolute Gasteiger partial charge is 0.369 e. The number of hydrogen-bond donors (Lipinski definition) is 0. The van der Waals surface area contributed by atoms with Crippen LogP contribution in [0.5, 0.6) is 0 Å². The van der Waals surface area contributed by atoms with Gasteiger partial charge >= 0.3 is 0 Å². The third-order valence-electron chi connectivity index (χ3n) is 4.88. The molecule has 23 heavy (non-hydrogen) atoms. The van der Waals surface area contributed by atoms with Crippen LogP contribution in [0.15, 0.2) is 60.3 Å². The zero-order valence-corrected chi connectivity index (χ0v) is 14.4. The molecule has 3 rings (SSSR count). The van der Waals surface area contributed by atoms with E-state index in [-0.39, 0.29) is 0 Å². The van der Waals surface area contributed by atoms with Gasteiger partial charge in [0.2, 0.25) is 0 Å². The Morgan fingerprint density at radius 3 is 2.43 bits per heavy atom. The maximum Gasteiger partial charge on any atom is 0.0363 e. The number of aryl methyl sites for hydroxylation is 1. The lowest BCUT2D eigenvalue weighted by Crippen LogP contribution is -2.45. The minimum absolute atomic E-state index is 0.589. The van der Waals surface area contributed by atoms with Crippen molar-refractivity contribution in [1.82, 2.24) is 9.80 Å². The predicted octanol–water partition coefficient (Wildman–Crippen LogP) is 4.15. The molecule has 0 spiro atoms. The fraction of sp³-hybridized carbons (Fsp3) is 0.429. The highest BCUT2D eigenvalue weighted by molar-refractivity contribution is 5.28. The minimum atomic E-state index is 0.589. The zero-order valence-electron chi connectivity index (χ0n) is 14.4. The fourth-order valence-corrected chi connectivity index (χ4v) is 3.24. The van der Waals surface area contributed by atoms with E-state index in [2.05, 4.69) is 78.3 Å². The van der Waals surface area contributed by atoms with E-state index in [1.807, 2.05) is 0 Å². The van der Waals surface area contributed by atoms with Gasteiger partial charge in [-0.1, -0.05) is 55.0 Å². The summed E-state index contributed by atoms with van der Waals surface area (Å²) in [7, 11) is 0. The van der Waals surface area contributed by atoms with Crippen LogP contribution in [0.2, 0.25) is 0 Å². The SMILES string of the molecule is CCC1C=CC=C(N2CCN(Cc3ccc(C)cc3)CC2)C=C1. The summed E-state index contributed by atoms with van der Waals surface area (Å²) in [6.45, 7) is 9.97. The first-order valence-electron chi connectivity index (χ1n) is 8.84. The number of piperazine rings is 1. The van der Waals surface area contributed by atoms with E-state index >= 15 is 0 Å². The Balaban J connectivity index is 1.53. The molecule has 1 fully saturated rings. The molecule has 2 aliphatic rings.